The maximum absolute atomic E-state index is 11.2. The highest BCUT2D eigenvalue weighted by molar-refractivity contribution is 7.91. The first-order valence-electron chi connectivity index (χ1n) is 5.29. The molecule has 2 atom stereocenters. The Balaban J connectivity index is 2.18. The van der Waals surface area contributed by atoms with E-state index in [0.717, 1.165) is 0 Å². The molecule has 1 aliphatic rings. The molecule has 2 amide bonds. The highest BCUT2D eigenvalue weighted by Crippen LogP contribution is 2.17. The number of aliphatic hydroxyl groups excluding tert-OH is 1. The fourth-order valence-electron chi connectivity index (χ4n) is 1.57. The van der Waals surface area contributed by atoms with Gasteiger partial charge in [-0.2, -0.15) is 0 Å². The number of hydrogen-bond donors (Lipinski definition) is 3. The molecule has 1 heterocycles. The van der Waals surface area contributed by atoms with Crippen molar-refractivity contribution in [1.29, 1.82) is 0 Å². The number of amides is 2. The lowest BCUT2D eigenvalue weighted by Gasteiger charge is -2.11. The maximum atomic E-state index is 11.2. The molecule has 1 fully saturated rings. The first kappa shape index (κ1) is 13.2. The summed E-state index contributed by atoms with van der Waals surface area (Å²) in [6.07, 6.45) is 0.0246. The molecule has 0 spiro atoms. The average molecular weight is 250 g/mol. The van der Waals surface area contributed by atoms with Crippen LogP contribution in [0.2, 0.25) is 0 Å². The standard InChI is InChI=1S/C9H18N2O4S/c1-7(12)4-10-9(13)11-5-8-2-3-16(14,15)6-8/h7-8,12H,2-6H2,1H3,(H2,10,11,13)/t7-,8+/m1/s1. The van der Waals surface area contributed by atoms with Gasteiger partial charge in [0.2, 0.25) is 0 Å². The second-order valence-electron chi connectivity index (χ2n) is 4.21. The van der Waals surface area contributed by atoms with E-state index in [0.29, 0.717) is 13.0 Å². The van der Waals surface area contributed by atoms with Crippen LogP contribution in [0.3, 0.4) is 0 Å². The fourth-order valence-corrected chi connectivity index (χ4v) is 3.43. The van der Waals surface area contributed by atoms with Gasteiger partial charge in [0, 0.05) is 13.1 Å². The third-order valence-corrected chi connectivity index (χ3v) is 4.27. The van der Waals surface area contributed by atoms with Crippen molar-refractivity contribution in [1.82, 2.24) is 10.6 Å². The van der Waals surface area contributed by atoms with Crippen LogP contribution in [0.25, 0.3) is 0 Å². The van der Waals surface area contributed by atoms with Gasteiger partial charge in [-0.1, -0.05) is 0 Å². The summed E-state index contributed by atoms with van der Waals surface area (Å²) < 4.78 is 22.3. The van der Waals surface area contributed by atoms with E-state index in [1.165, 1.54) is 0 Å². The Morgan fingerprint density at radius 1 is 1.50 bits per heavy atom. The minimum Gasteiger partial charge on any atom is -0.392 e. The monoisotopic (exact) mass is 250 g/mol. The predicted octanol–water partition coefficient (Wildman–Crippen LogP) is -0.899. The summed E-state index contributed by atoms with van der Waals surface area (Å²) in [4.78, 5) is 11.2. The van der Waals surface area contributed by atoms with Crippen LogP contribution in [0, 0.1) is 5.92 Å². The van der Waals surface area contributed by atoms with Crippen molar-refractivity contribution in [3.63, 3.8) is 0 Å². The zero-order chi connectivity index (χ0) is 12.2. The Bertz CT molecular complexity index is 339. The van der Waals surface area contributed by atoms with Crippen molar-refractivity contribution < 1.29 is 18.3 Å². The summed E-state index contributed by atoms with van der Waals surface area (Å²) in [6.45, 7) is 2.13. The lowest BCUT2D eigenvalue weighted by atomic mass is 10.1. The highest BCUT2D eigenvalue weighted by atomic mass is 32.2. The number of carbonyl (C=O) groups is 1. The van der Waals surface area contributed by atoms with Crippen LogP contribution in [0.1, 0.15) is 13.3 Å². The van der Waals surface area contributed by atoms with Crippen LogP contribution in [0.4, 0.5) is 4.79 Å². The average Bonchev–Trinajstić information content (AvgIpc) is 2.52. The molecule has 0 radical (unpaired) electrons. The van der Waals surface area contributed by atoms with Crippen molar-refractivity contribution in [3.05, 3.63) is 0 Å². The third-order valence-electron chi connectivity index (χ3n) is 2.44. The molecule has 1 saturated heterocycles. The highest BCUT2D eigenvalue weighted by Gasteiger charge is 2.27. The Morgan fingerprint density at radius 2 is 2.19 bits per heavy atom. The number of nitrogens with one attached hydrogen (secondary N) is 2. The summed E-state index contributed by atoms with van der Waals surface area (Å²) in [5.41, 5.74) is 0. The third kappa shape index (κ3) is 4.80. The molecule has 0 unspecified atom stereocenters. The normalized spacial score (nSPS) is 25.0. The minimum atomic E-state index is -2.88. The molecule has 0 bridgehead atoms. The molecule has 0 saturated carbocycles. The van der Waals surface area contributed by atoms with Gasteiger partial charge in [0.25, 0.3) is 0 Å². The molecule has 0 aromatic carbocycles. The zero-order valence-electron chi connectivity index (χ0n) is 9.27. The number of carbonyl (C=O) groups excluding carboxylic acids is 1. The van der Waals surface area contributed by atoms with Crippen molar-refractivity contribution in [3.8, 4) is 0 Å². The second-order valence-corrected chi connectivity index (χ2v) is 6.44. The molecular weight excluding hydrogens is 232 g/mol. The quantitative estimate of drug-likeness (QED) is 0.602. The minimum absolute atomic E-state index is 0.0160. The van der Waals surface area contributed by atoms with Crippen molar-refractivity contribution >= 4 is 15.9 Å². The molecule has 1 aliphatic heterocycles. The van der Waals surface area contributed by atoms with Gasteiger partial charge in [-0.15, -0.1) is 0 Å². The second kappa shape index (κ2) is 5.49. The number of urea groups is 1. The van der Waals surface area contributed by atoms with E-state index >= 15 is 0 Å². The van der Waals surface area contributed by atoms with Crippen LogP contribution in [0.15, 0.2) is 0 Å². The van der Waals surface area contributed by atoms with Gasteiger partial charge >= 0.3 is 6.03 Å². The summed E-state index contributed by atoms with van der Waals surface area (Å²) in [6, 6.07) is -0.370. The fraction of sp³-hybridized carbons (Fsp3) is 0.889. The van der Waals surface area contributed by atoms with E-state index in [4.69, 9.17) is 5.11 Å². The molecule has 1 rings (SSSR count). The van der Waals surface area contributed by atoms with Gasteiger partial charge in [0.05, 0.1) is 17.6 Å². The molecule has 0 aliphatic carbocycles. The van der Waals surface area contributed by atoms with Crippen molar-refractivity contribution in [2.24, 2.45) is 5.92 Å². The van der Waals surface area contributed by atoms with E-state index in [1.807, 2.05) is 0 Å². The summed E-state index contributed by atoms with van der Waals surface area (Å²) in [5, 5.41) is 14.0. The predicted molar refractivity (Wildman–Crippen MR) is 59.8 cm³/mol. The topological polar surface area (TPSA) is 95.5 Å². The van der Waals surface area contributed by atoms with Crippen molar-refractivity contribution in [2.75, 3.05) is 24.6 Å². The summed E-state index contributed by atoms with van der Waals surface area (Å²) >= 11 is 0. The number of rotatable bonds is 4. The smallest absolute Gasteiger partial charge is 0.314 e. The zero-order valence-corrected chi connectivity index (χ0v) is 10.1. The number of sulfone groups is 1. The number of hydrogen-bond acceptors (Lipinski definition) is 4. The van der Waals surface area contributed by atoms with Crippen LogP contribution in [0.5, 0.6) is 0 Å². The number of aliphatic hydroxyl groups is 1. The summed E-state index contributed by atoms with van der Waals surface area (Å²) in [7, 11) is -2.88. The summed E-state index contributed by atoms with van der Waals surface area (Å²) in [5.74, 6) is 0.389. The first-order chi connectivity index (χ1) is 7.39. The lowest BCUT2D eigenvalue weighted by Crippen LogP contribution is -2.41. The molecule has 0 aromatic rings. The Labute approximate surface area is 95.3 Å². The molecule has 7 heteroatoms. The van der Waals surface area contributed by atoms with Crippen molar-refractivity contribution in [2.45, 2.75) is 19.4 Å². The van der Waals surface area contributed by atoms with E-state index in [9.17, 15) is 13.2 Å². The molecule has 0 aromatic heterocycles. The van der Waals surface area contributed by atoms with E-state index in [1.54, 1.807) is 6.92 Å². The Kier molecular flexibility index (Phi) is 4.55. The van der Waals surface area contributed by atoms with Crippen LogP contribution in [-0.4, -0.2) is 50.3 Å². The van der Waals surface area contributed by atoms with Gasteiger partial charge in [-0.3, -0.25) is 0 Å². The maximum Gasteiger partial charge on any atom is 0.314 e. The molecule has 94 valence electrons. The van der Waals surface area contributed by atoms with E-state index < -0.39 is 15.9 Å². The van der Waals surface area contributed by atoms with Gasteiger partial charge < -0.3 is 15.7 Å². The largest absolute Gasteiger partial charge is 0.392 e. The molecular formula is C9H18N2O4S. The van der Waals surface area contributed by atoms with Crippen LogP contribution in [-0.2, 0) is 9.84 Å². The first-order valence-corrected chi connectivity index (χ1v) is 7.11. The van der Waals surface area contributed by atoms with Gasteiger partial charge in [0.1, 0.15) is 0 Å². The Hall–Kier alpha value is -0.820. The van der Waals surface area contributed by atoms with E-state index in [2.05, 4.69) is 10.6 Å². The molecule has 16 heavy (non-hydrogen) atoms. The van der Waals surface area contributed by atoms with Gasteiger partial charge in [-0.25, -0.2) is 13.2 Å². The van der Waals surface area contributed by atoms with E-state index in [-0.39, 0.29) is 30.0 Å². The molecule has 3 N–H and O–H groups in total. The molecule has 6 nitrogen and oxygen atoms in total. The van der Waals surface area contributed by atoms with Gasteiger partial charge in [-0.05, 0) is 19.3 Å². The Morgan fingerprint density at radius 3 is 2.69 bits per heavy atom. The van der Waals surface area contributed by atoms with Crippen LogP contribution < -0.4 is 10.6 Å². The van der Waals surface area contributed by atoms with Crippen LogP contribution >= 0.6 is 0 Å². The van der Waals surface area contributed by atoms with Gasteiger partial charge in [0.15, 0.2) is 9.84 Å². The lowest BCUT2D eigenvalue weighted by molar-refractivity contribution is 0.187. The SMILES string of the molecule is C[C@@H](O)CNC(=O)NC[C@@H]1CCS(=O)(=O)C1.